The highest BCUT2D eigenvalue weighted by Gasteiger charge is 2.17. The number of rotatable bonds is 4. The molecule has 86 valence electrons. The molecule has 0 saturated carbocycles. The minimum atomic E-state index is -0.470. The average molecular weight is 222 g/mol. The molecular formula is C11H14N2O3. The lowest BCUT2D eigenvalue weighted by molar-refractivity contribution is -0.384. The van der Waals surface area contributed by atoms with E-state index in [0.717, 1.165) is 0 Å². The molecule has 0 amide bonds. The Hall–Kier alpha value is -1.91. The van der Waals surface area contributed by atoms with Crippen LogP contribution in [0.15, 0.2) is 18.2 Å². The Morgan fingerprint density at radius 2 is 2.06 bits per heavy atom. The van der Waals surface area contributed by atoms with E-state index in [2.05, 4.69) is 0 Å². The van der Waals surface area contributed by atoms with Crippen LogP contribution < -0.4 is 4.90 Å². The maximum absolute atomic E-state index is 11.4. The third-order valence-electron chi connectivity index (χ3n) is 2.30. The van der Waals surface area contributed by atoms with Crippen LogP contribution in [-0.4, -0.2) is 24.8 Å². The van der Waals surface area contributed by atoms with Gasteiger partial charge in [-0.15, -0.1) is 0 Å². The quantitative estimate of drug-likeness (QED) is 0.445. The Balaban J connectivity index is 3.28. The van der Waals surface area contributed by atoms with Crippen LogP contribution in [-0.2, 0) is 0 Å². The fourth-order valence-electron chi connectivity index (χ4n) is 1.43. The molecule has 0 unspecified atom stereocenters. The van der Waals surface area contributed by atoms with Gasteiger partial charge in [-0.25, -0.2) is 0 Å². The van der Waals surface area contributed by atoms with Crippen LogP contribution >= 0.6 is 0 Å². The van der Waals surface area contributed by atoms with Crippen LogP contribution in [0.3, 0.4) is 0 Å². The van der Waals surface area contributed by atoms with E-state index >= 15 is 0 Å². The molecule has 0 aliphatic rings. The summed E-state index contributed by atoms with van der Waals surface area (Å²) < 4.78 is 0. The molecule has 5 heteroatoms. The maximum Gasteiger partial charge on any atom is 0.293 e. The van der Waals surface area contributed by atoms with Crippen LogP contribution in [0.2, 0.25) is 0 Å². The molecule has 0 heterocycles. The molecule has 0 aromatic heterocycles. The highest BCUT2D eigenvalue weighted by Crippen LogP contribution is 2.27. The normalized spacial score (nSPS) is 9.94. The van der Waals surface area contributed by atoms with Crippen molar-refractivity contribution in [1.82, 2.24) is 0 Å². The van der Waals surface area contributed by atoms with Crippen molar-refractivity contribution in [1.29, 1.82) is 0 Å². The second-order valence-electron chi connectivity index (χ2n) is 3.63. The fourth-order valence-corrected chi connectivity index (χ4v) is 1.43. The van der Waals surface area contributed by atoms with Crippen molar-refractivity contribution >= 4 is 17.2 Å². The first-order chi connectivity index (χ1) is 7.47. The summed E-state index contributed by atoms with van der Waals surface area (Å²) in [5, 5.41) is 10.9. The molecule has 0 aliphatic heterocycles. The Bertz CT molecular complexity index is 427. The molecule has 0 atom stereocenters. The number of ketones is 1. The summed E-state index contributed by atoms with van der Waals surface area (Å²) in [7, 11) is 3.45. The van der Waals surface area contributed by atoms with Gasteiger partial charge in [0.05, 0.1) is 4.92 Å². The number of hydrogen-bond acceptors (Lipinski definition) is 4. The van der Waals surface area contributed by atoms with E-state index in [1.807, 2.05) is 0 Å². The predicted molar refractivity (Wildman–Crippen MR) is 62.0 cm³/mol. The summed E-state index contributed by atoms with van der Waals surface area (Å²) in [5.41, 5.74) is 0.849. The van der Waals surface area contributed by atoms with Crippen LogP contribution in [0, 0.1) is 10.1 Å². The van der Waals surface area contributed by atoms with Gasteiger partial charge in [-0.3, -0.25) is 14.9 Å². The van der Waals surface area contributed by atoms with Crippen molar-refractivity contribution in [2.24, 2.45) is 0 Å². The molecule has 0 N–H and O–H groups in total. The number of nitro benzene ring substituents is 1. The summed E-state index contributed by atoms with van der Waals surface area (Å²) in [4.78, 5) is 23.5. The Kier molecular flexibility index (Phi) is 3.60. The molecule has 0 fully saturated rings. The molecule has 0 aliphatic carbocycles. The number of carbonyl (C=O) groups is 1. The molecule has 0 radical (unpaired) electrons. The average Bonchev–Trinajstić information content (AvgIpc) is 2.26. The zero-order chi connectivity index (χ0) is 12.3. The second-order valence-corrected chi connectivity index (χ2v) is 3.63. The minimum Gasteiger partial charge on any atom is -0.372 e. The first kappa shape index (κ1) is 12.2. The third-order valence-corrected chi connectivity index (χ3v) is 2.30. The van der Waals surface area contributed by atoms with Crippen molar-refractivity contribution in [3.05, 3.63) is 33.9 Å². The third kappa shape index (κ3) is 2.36. The highest BCUT2D eigenvalue weighted by atomic mass is 16.6. The van der Waals surface area contributed by atoms with Gasteiger partial charge < -0.3 is 4.90 Å². The topological polar surface area (TPSA) is 63.5 Å². The number of anilines is 1. The van der Waals surface area contributed by atoms with Gasteiger partial charge in [0, 0.05) is 32.1 Å². The lowest BCUT2D eigenvalue weighted by Gasteiger charge is -2.12. The lowest BCUT2D eigenvalue weighted by atomic mass is 10.1. The maximum atomic E-state index is 11.4. The van der Waals surface area contributed by atoms with Gasteiger partial charge >= 0.3 is 0 Å². The molecule has 0 saturated heterocycles. The molecule has 1 aromatic rings. The van der Waals surface area contributed by atoms with Crippen LogP contribution in [0.5, 0.6) is 0 Å². The summed E-state index contributed by atoms with van der Waals surface area (Å²) in [6.07, 6.45) is 0.346. The summed E-state index contributed by atoms with van der Waals surface area (Å²) >= 11 is 0. The second kappa shape index (κ2) is 4.74. The summed E-state index contributed by atoms with van der Waals surface area (Å²) in [6.45, 7) is 1.73. The number of carbonyl (C=O) groups excluding carboxylic acids is 1. The van der Waals surface area contributed by atoms with Crippen LogP contribution in [0.4, 0.5) is 11.4 Å². The van der Waals surface area contributed by atoms with Crippen molar-refractivity contribution in [3.8, 4) is 0 Å². The van der Waals surface area contributed by atoms with Crippen LogP contribution in [0.25, 0.3) is 0 Å². The van der Waals surface area contributed by atoms with E-state index in [0.29, 0.717) is 17.7 Å². The first-order valence-electron chi connectivity index (χ1n) is 4.96. The smallest absolute Gasteiger partial charge is 0.293 e. The Labute approximate surface area is 93.8 Å². The number of hydrogen-bond donors (Lipinski definition) is 0. The Morgan fingerprint density at radius 1 is 1.44 bits per heavy atom. The zero-order valence-electron chi connectivity index (χ0n) is 9.56. The van der Waals surface area contributed by atoms with E-state index in [1.54, 1.807) is 38.1 Å². The standard InChI is InChI=1S/C11H14N2O3/c1-4-11(14)8-5-6-9(12(2)3)10(7-8)13(15)16/h5-7H,4H2,1-3H3. The van der Waals surface area contributed by atoms with Crippen molar-refractivity contribution in [2.75, 3.05) is 19.0 Å². The number of nitrogens with zero attached hydrogens (tertiary/aromatic N) is 2. The Morgan fingerprint density at radius 3 is 2.50 bits per heavy atom. The SMILES string of the molecule is CCC(=O)c1ccc(N(C)C)c([N+](=O)[O-])c1. The first-order valence-corrected chi connectivity index (χ1v) is 4.96. The van der Waals surface area contributed by atoms with E-state index in [4.69, 9.17) is 0 Å². The van der Waals surface area contributed by atoms with Crippen molar-refractivity contribution in [3.63, 3.8) is 0 Å². The number of Topliss-reactive ketones (excluding diaryl/α,β-unsaturated/α-hetero) is 1. The van der Waals surface area contributed by atoms with Gasteiger partial charge in [0.2, 0.25) is 0 Å². The fraction of sp³-hybridized carbons (Fsp3) is 0.364. The molecule has 16 heavy (non-hydrogen) atoms. The molecule has 1 rings (SSSR count). The van der Waals surface area contributed by atoms with E-state index in [-0.39, 0.29) is 11.5 Å². The van der Waals surface area contributed by atoms with Crippen molar-refractivity contribution in [2.45, 2.75) is 13.3 Å². The van der Waals surface area contributed by atoms with Gasteiger partial charge in [-0.1, -0.05) is 6.92 Å². The number of benzene rings is 1. The summed E-state index contributed by atoms with van der Waals surface area (Å²) in [5.74, 6) is -0.0894. The van der Waals surface area contributed by atoms with Crippen LogP contribution in [0.1, 0.15) is 23.7 Å². The van der Waals surface area contributed by atoms with Gasteiger partial charge in [0.1, 0.15) is 5.69 Å². The molecule has 0 bridgehead atoms. The zero-order valence-corrected chi connectivity index (χ0v) is 9.56. The van der Waals surface area contributed by atoms with Gasteiger partial charge in [0.25, 0.3) is 5.69 Å². The van der Waals surface area contributed by atoms with E-state index in [1.165, 1.54) is 6.07 Å². The molecule has 1 aromatic carbocycles. The minimum absolute atomic E-state index is 0.0377. The van der Waals surface area contributed by atoms with Gasteiger partial charge in [0.15, 0.2) is 5.78 Å². The lowest BCUT2D eigenvalue weighted by Crippen LogP contribution is -2.11. The molecule has 0 spiro atoms. The number of nitro groups is 1. The van der Waals surface area contributed by atoms with Gasteiger partial charge in [-0.05, 0) is 12.1 Å². The van der Waals surface area contributed by atoms with Crippen molar-refractivity contribution < 1.29 is 9.72 Å². The molecule has 5 nitrogen and oxygen atoms in total. The van der Waals surface area contributed by atoms with E-state index in [9.17, 15) is 14.9 Å². The van der Waals surface area contributed by atoms with E-state index < -0.39 is 4.92 Å². The largest absolute Gasteiger partial charge is 0.372 e. The monoisotopic (exact) mass is 222 g/mol. The summed E-state index contributed by atoms with van der Waals surface area (Å²) in [6, 6.07) is 4.55. The highest BCUT2D eigenvalue weighted by molar-refractivity contribution is 5.97. The van der Waals surface area contributed by atoms with Gasteiger partial charge in [-0.2, -0.15) is 0 Å². The predicted octanol–water partition coefficient (Wildman–Crippen LogP) is 2.25. The molecular weight excluding hydrogens is 208 g/mol.